The van der Waals surface area contributed by atoms with Crippen molar-refractivity contribution in [3.05, 3.63) is 68.9 Å². The Morgan fingerprint density at radius 3 is 2.90 bits per heavy atom. The van der Waals surface area contributed by atoms with E-state index in [1.54, 1.807) is 24.3 Å². The Balaban J connectivity index is 2.02. The minimum Gasteiger partial charge on any atom is -0.352 e. The second-order valence-corrected chi connectivity index (χ2v) is 5.90. The Labute approximate surface area is 130 Å². The van der Waals surface area contributed by atoms with E-state index in [0.29, 0.717) is 22.1 Å². The third-order valence-corrected chi connectivity index (χ3v) is 4.35. The maximum Gasteiger partial charge on any atom is 0.251 e. The van der Waals surface area contributed by atoms with Gasteiger partial charge in [0.2, 0.25) is 0 Å². The fourth-order valence-corrected chi connectivity index (χ4v) is 2.94. The molecule has 2 aromatic carbocycles. The van der Waals surface area contributed by atoms with E-state index in [0.717, 1.165) is 17.5 Å². The smallest absolute Gasteiger partial charge is 0.251 e. The molecule has 1 amide bonds. The average molecular weight is 349 g/mol. The SMILES string of the molecule is NC(c1ccc2c(c1)C(=O)NCC2)c1cccc(Br)c1F. The minimum absolute atomic E-state index is 0.0972. The zero-order chi connectivity index (χ0) is 15.0. The fourth-order valence-electron chi connectivity index (χ4n) is 2.56. The maximum atomic E-state index is 14.1. The molecule has 0 spiro atoms. The lowest BCUT2D eigenvalue weighted by molar-refractivity contribution is 0.0946. The van der Waals surface area contributed by atoms with Crippen molar-refractivity contribution in [2.45, 2.75) is 12.5 Å². The minimum atomic E-state index is -0.609. The highest BCUT2D eigenvalue weighted by Crippen LogP contribution is 2.28. The van der Waals surface area contributed by atoms with Gasteiger partial charge >= 0.3 is 0 Å². The average Bonchev–Trinajstić information content (AvgIpc) is 2.49. The van der Waals surface area contributed by atoms with Crippen LogP contribution in [0.1, 0.15) is 33.1 Å². The van der Waals surface area contributed by atoms with E-state index in [1.165, 1.54) is 0 Å². The first kappa shape index (κ1) is 14.2. The highest BCUT2D eigenvalue weighted by Gasteiger charge is 2.20. The molecule has 0 fully saturated rings. The molecule has 0 radical (unpaired) electrons. The van der Waals surface area contributed by atoms with Crippen LogP contribution in [-0.4, -0.2) is 12.5 Å². The summed E-state index contributed by atoms with van der Waals surface area (Å²) >= 11 is 3.16. The molecule has 0 aromatic heterocycles. The van der Waals surface area contributed by atoms with Crippen molar-refractivity contribution in [1.29, 1.82) is 0 Å². The van der Waals surface area contributed by atoms with Crippen molar-refractivity contribution >= 4 is 21.8 Å². The number of amides is 1. The van der Waals surface area contributed by atoms with Gasteiger partial charge in [0.15, 0.2) is 0 Å². The molecule has 108 valence electrons. The summed E-state index contributed by atoms with van der Waals surface area (Å²) in [6.07, 6.45) is 0.807. The maximum absolute atomic E-state index is 14.1. The van der Waals surface area contributed by atoms with Gasteiger partial charge < -0.3 is 11.1 Å². The molecule has 5 heteroatoms. The second kappa shape index (κ2) is 5.58. The molecule has 1 heterocycles. The van der Waals surface area contributed by atoms with E-state index in [-0.39, 0.29) is 11.7 Å². The van der Waals surface area contributed by atoms with Crippen LogP contribution < -0.4 is 11.1 Å². The molecule has 1 atom stereocenters. The standard InChI is InChI=1S/C16H14BrFN2O/c17-13-3-1-2-11(14(13)18)15(19)10-5-4-9-6-7-20-16(21)12(9)8-10/h1-5,8,15H,6-7,19H2,(H,20,21). The Hall–Kier alpha value is -1.72. The number of rotatable bonds is 2. The molecule has 0 bridgehead atoms. The largest absolute Gasteiger partial charge is 0.352 e. The normalized spacial score (nSPS) is 15.3. The monoisotopic (exact) mass is 348 g/mol. The van der Waals surface area contributed by atoms with Crippen LogP contribution in [0.25, 0.3) is 0 Å². The van der Waals surface area contributed by atoms with Crippen LogP contribution in [0.15, 0.2) is 40.9 Å². The van der Waals surface area contributed by atoms with E-state index in [2.05, 4.69) is 21.2 Å². The molecule has 1 unspecified atom stereocenters. The van der Waals surface area contributed by atoms with E-state index in [4.69, 9.17) is 5.73 Å². The number of nitrogens with one attached hydrogen (secondary N) is 1. The lowest BCUT2D eigenvalue weighted by Gasteiger charge is -2.20. The van der Waals surface area contributed by atoms with Gasteiger partial charge in [0.05, 0.1) is 10.5 Å². The van der Waals surface area contributed by atoms with Gasteiger partial charge in [-0.1, -0.05) is 24.3 Å². The molecule has 3 nitrogen and oxygen atoms in total. The van der Waals surface area contributed by atoms with Gasteiger partial charge in [-0.05, 0) is 45.6 Å². The summed E-state index contributed by atoms with van der Waals surface area (Å²) in [6.45, 7) is 0.650. The van der Waals surface area contributed by atoms with E-state index >= 15 is 0 Å². The fraction of sp³-hybridized carbons (Fsp3) is 0.188. The summed E-state index contributed by atoms with van der Waals surface area (Å²) in [7, 11) is 0. The predicted molar refractivity (Wildman–Crippen MR) is 82.6 cm³/mol. The Bertz CT molecular complexity index is 717. The van der Waals surface area contributed by atoms with Crippen molar-refractivity contribution < 1.29 is 9.18 Å². The van der Waals surface area contributed by atoms with E-state index in [9.17, 15) is 9.18 Å². The van der Waals surface area contributed by atoms with E-state index < -0.39 is 6.04 Å². The van der Waals surface area contributed by atoms with Gasteiger partial charge in [0.1, 0.15) is 5.82 Å². The van der Waals surface area contributed by atoms with Gasteiger partial charge in [-0.3, -0.25) is 4.79 Å². The lowest BCUT2D eigenvalue weighted by atomic mass is 9.92. The molecule has 21 heavy (non-hydrogen) atoms. The number of carbonyl (C=O) groups is 1. The first-order valence-electron chi connectivity index (χ1n) is 6.68. The van der Waals surface area contributed by atoms with Crippen LogP contribution in [0, 0.1) is 5.82 Å². The summed E-state index contributed by atoms with van der Waals surface area (Å²) in [4.78, 5) is 11.9. The van der Waals surface area contributed by atoms with Crippen molar-refractivity contribution in [2.75, 3.05) is 6.54 Å². The topological polar surface area (TPSA) is 55.1 Å². The summed E-state index contributed by atoms with van der Waals surface area (Å²) in [5, 5.41) is 2.80. The van der Waals surface area contributed by atoms with Crippen molar-refractivity contribution in [1.82, 2.24) is 5.32 Å². The molecular formula is C16H14BrFN2O. The highest BCUT2D eigenvalue weighted by molar-refractivity contribution is 9.10. The molecule has 3 N–H and O–H groups in total. The Morgan fingerprint density at radius 1 is 1.29 bits per heavy atom. The van der Waals surface area contributed by atoms with Crippen LogP contribution in [-0.2, 0) is 6.42 Å². The van der Waals surface area contributed by atoms with Crippen LogP contribution in [0.5, 0.6) is 0 Å². The molecule has 0 saturated carbocycles. The molecule has 1 aliphatic heterocycles. The van der Waals surface area contributed by atoms with Crippen LogP contribution in [0.2, 0.25) is 0 Å². The molecule has 0 aliphatic carbocycles. The van der Waals surface area contributed by atoms with Gasteiger partial charge in [-0.15, -0.1) is 0 Å². The zero-order valence-corrected chi connectivity index (χ0v) is 12.8. The second-order valence-electron chi connectivity index (χ2n) is 5.04. The summed E-state index contributed by atoms with van der Waals surface area (Å²) in [6, 6.07) is 9.95. The highest BCUT2D eigenvalue weighted by atomic mass is 79.9. The zero-order valence-electron chi connectivity index (χ0n) is 11.2. The molecule has 0 saturated heterocycles. The van der Waals surface area contributed by atoms with Crippen molar-refractivity contribution in [2.24, 2.45) is 5.73 Å². The summed E-state index contributed by atoms with van der Waals surface area (Å²) in [5.74, 6) is -0.466. The summed E-state index contributed by atoms with van der Waals surface area (Å²) in [5.41, 5.74) is 8.93. The number of benzene rings is 2. The molecular weight excluding hydrogens is 335 g/mol. The van der Waals surface area contributed by atoms with Crippen LogP contribution in [0.3, 0.4) is 0 Å². The lowest BCUT2D eigenvalue weighted by Crippen LogP contribution is -2.32. The van der Waals surface area contributed by atoms with Gasteiger partial charge in [0.25, 0.3) is 5.91 Å². The predicted octanol–water partition coefficient (Wildman–Crippen LogP) is 2.92. The Morgan fingerprint density at radius 2 is 2.10 bits per heavy atom. The van der Waals surface area contributed by atoms with Crippen molar-refractivity contribution in [3.8, 4) is 0 Å². The number of fused-ring (bicyclic) bond motifs is 1. The molecule has 2 aromatic rings. The summed E-state index contributed by atoms with van der Waals surface area (Å²) < 4.78 is 14.5. The number of nitrogens with two attached hydrogens (primary N) is 1. The number of carbonyl (C=O) groups excluding carboxylic acids is 1. The molecule has 1 aliphatic rings. The van der Waals surface area contributed by atoms with Gasteiger partial charge in [-0.25, -0.2) is 4.39 Å². The first-order valence-corrected chi connectivity index (χ1v) is 7.47. The van der Waals surface area contributed by atoms with Crippen LogP contribution in [0.4, 0.5) is 4.39 Å². The third kappa shape index (κ3) is 2.59. The van der Waals surface area contributed by atoms with E-state index in [1.807, 2.05) is 12.1 Å². The van der Waals surface area contributed by atoms with Gasteiger partial charge in [-0.2, -0.15) is 0 Å². The third-order valence-electron chi connectivity index (χ3n) is 3.73. The molecule has 3 rings (SSSR count). The quantitative estimate of drug-likeness (QED) is 0.876. The number of halogens is 2. The first-order chi connectivity index (χ1) is 10.1. The number of hydrogen-bond acceptors (Lipinski definition) is 2. The van der Waals surface area contributed by atoms with Gasteiger partial charge in [0, 0.05) is 17.7 Å². The van der Waals surface area contributed by atoms with Crippen LogP contribution >= 0.6 is 15.9 Å². The Kier molecular flexibility index (Phi) is 3.78. The van der Waals surface area contributed by atoms with Crippen molar-refractivity contribution in [3.63, 3.8) is 0 Å². The number of hydrogen-bond donors (Lipinski definition) is 2.